The summed E-state index contributed by atoms with van der Waals surface area (Å²) in [5.74, 6) is -0.379. The van der Waals surface area contributed by atoms with Crippen molar-refractivity contribution in [1.29, 1.82) is 0 Å². The summed E-state index contributed by atoms with van der Waals surface area (Å²) in [6.07, 6.45) is 6.70. The lowest BCUT2D eigenvalue weighted by atomic mass is 10.1. The van der Waals surface area contributed by atoms with Gasteiger partial charge < -0.3 is 14.2 Å². The van der Waals surface area contributed by atoms with Crippen LogP contribution in [0.5, 0.6) is 0 Å². The smallest absolute Gasteiger partial charge is 0.347 e. The van der Waals surface area contributed by atoms with E-state index in [4.69, 9.17) is 4.42 Å². The predicted molar refractivity (Wildman–Crippen MR) is 129 cm³/mol. The van der Waals surface area contributed by atoms with Crippen molar-refractivity contribution in [2.24, 2.45) is 0 Å². The molecular formula is C26H28N2O3. The molecule has 0 bridgehead atoms. The maximum atomic E-state index is 12.5. The van der Waals surface area contributed by atoms with Crippen LogP contribution in [0.2, 0.25) is 0 Å². The summed E-state index contributed by atoms with van der Waals surface area (Å²) >= 11 is 0. The fourth-order valence-electron chi connectivity index (χ4n) is 3.34. The third-order valence-electron chi connectivity index (χ3n) is 5.17. The van der Waals surface area contributed by atoms with E-state index in [0.717, 1.165) is 35.4 Å². The highest BCUT2D eigenvalue weighted by molar-refractivity contribution is 6.06. The van der Waals surface area contributed by atoms with Gasteiger partial charge in [-0.3, -0.25) is 4.79 Å². The number of fused-ring (bicyclic) bond motifs is 1. The van der Waals surface area contributed by atoms with Crippen LogP contribution < -0.4 is 15.4 Å². The molecule has 1 aromatic heterocycles. The second kappa shape index (κ2) is 9.94. The van der Waals surface area contributed by atoms with Crippen LogP contribution in [-0.2, 0) is 0 Å². The summed E-state index contributed by atoms with van der Waals surface area (Å²) in [4.78, 5) is 29.1. The van der Waals surface area contributed by atoms with Crippen LogP contribution in [-0.4, -0.2) is 33.0 Å². The number of carbonyl (C=O) groups excluding carboxylic acids is 1. The van der Waals surface area contributed by atoms with E-state index < -0.39 is 5.63 Å². The van der Waals surface area contributed by atoms with Crippen molar-refractivity contribution in [3.05, 3.63) is 88.3 Å². The maximum Gasteiger partial charge on any atom is 0.347 e. The molecule has 0 unspecified atom stereocenters. The molecule has 31 heavy (non-hydrogen) atoms. The monoisotopic (exact) mass is 416 g/mol. The molecule has 0 N–H and O–H groups in total. The van der Waals surface area contributed by atoms with Crippen LogP contribution in [0.15, 0.2) is 76.0 Å². The fraction of sp³-hybridized carbons (Fsp3) is 0.231. The van der Waals surface area contributed by atoms with Crippen LogP contribution in [0.1, 0.15) is 29.8 Å². The van der Waals surface area contributed by atoms with Crippen molar-refractivity contribution in [3.8, 4) is 0 Å². The van der Waals surface area contributed by atoms with E-state index in [9.17, 15) is 9.59 Å². The van der Waals surface area contributed by atoms with Crippen molar-refractivity contribution in [3.63, 3.8) is 0 Å². The number of benzene rings is 2. The summed E-state index contributed by atoms with van der Waals surface area (Å²) in [5.41, 5.74) is 3.02. The molecule has 0 fully saturated rings. The molecule has 5 heteroatoms. The van der Waals surface area contributed by atoms with Crippen LogP contribution in [0, 0.1) is 0 Å². The first-order chi connectivity index (χ1) is 14.9. The Bertz CT molecular complexity index is 1170. The first-order valence-corrected chi connectivity index (χ1v) is 10.4. The van der Waals surface area contributed by atoms with E-state index in [1.807, 2.05) is 67.5 Å². The van der Waals surface area contributed by atoms with Crippen molar-refractivity contribution in [2.45, 2.75) is 13.8 Å². The Labute approximate surface area is 182 Å². The number of ketones is 1. The lowest BCUT2D eigenvalue weighted by Gasteiger charge is -2.20. The van der Waals surface area contributed by atoms with Gasteiger partial charge in [-0.25, -0.2) is 4.79 Å². The van der Waals surface area contributed by atoms with Gasteiger partial charge in [0.15, 0.2) is 5.78 Å². The third-order valence-corrected chi connectivity index (χ3v) is 5.17. The number of allylic oxidation sites excluding steroid dienone is 3. The zero-order valence-electron chi connectivity index (χ0n) is 18.5. The summed E-state index contributed by atoms with van der Waals surface area (Å²) in [6.45, 7) is 5.87. The first-order valence-electron chi connectivity index (χ1n) is 10.4. The van der Waals surface area contributed by atoms with E-state index in [2.05, 4.69) is 18.7 Å². The highest BCUT2D eigenvalue weighted by Crippen LogP contribution is 2.22. The molecule has 0 aliphatic carbocycles. The lowest BCUT2D eigenvalue weighted by molar-refractivity contribution is 0.104. The van der Waals surface area contributed by atoms with Crippen LogP contribution in [0.3, 0.4) is 0 Å². The van der Waals surface area contributed by atoms with Crippen molar-refractivity contribution < 1.29 is 9.21 Å². The van der Waals surface area contributed by atoms with E-state index in [1.54, 1.807) is 18.2 Å². The third kappa shape index (κ3) is 5.31. The highest BCUT2D eigenvalue weighted by atomic mass is 16.4. The van der Waals surface area contributed by atoms with Gasteiger partial charge in [0.1, 0.15) is 11.1 Å². The van der Waals surface area contributed by atoms with Gasteiger partial charge in [0, 0.05) is 50.0 Å². The van der Waals surface area contributed by atoms with Gasteiger partial charge >= 0.3 is 5.63 Å². The summed E-state index contributed by atoms with van der Waals surface area (Å²) < 4.78 is 5.44. The zero-order chi connectivity index (χ0) is 22.4. The molecule has 0 aliphatic rings. The summed E-state index contributed by atoms with van der Waals surface area (Å²) in [7, 11) is 3.99. The van der Waals surface area contributed by atoms with Gasteiger partial charge in [-0.15, -0.1) is 0 Å². The Morgan fingerprint density at radius 1 is 0.935 bits per heavy atom. The topological polar surface area (TPSA) is 53.8 Å². The molecule has 0 spiro atoms. The van der Waals surface area contributed by atoms with Gasteiger partial charge in [0.05, 0.1) is 0 Å². The largest absolute Gasteiger partial charge is 0.422 e. The van der Waals surface area contributed by atoms with Gasteiger partial charge in [-0.05, 0) is 55.8 Å². The van der Waals surface area contributed by atoms with E-state index >= 15 is 0 Å². The molecule has 5 nitrogen and oxygen atoms in total. The molecule has 3 rings (SSSR count). The number of hydrogen-bond donors (Lipinski definition) is 0. The predicted octanol–water partition coefficient (Wildman–Crippen LogP) is 5.16. The Morgan fingerprint density at radius 2 is 1.61 bits per heavy atom. The molecular weight excluding hydrogens is 388 g/mol. The zero-order valence-corrected chi connectivity index (χ0v) is 18.5. The number of nitrogens with zero attached hydrogens (tertiary/aromatic N) is 2. The Kier molecular flexibility index (Phi) is 7.08. The average molecular weight is 417 g/mol. The van der Waals surface area contributed by atoms with Crippen LogP contribution >= 0.6 is 0 Å². The number of carbonyl (C=O) groups is 1. The minimum atomic E-state index is -0.623. The molecule has 0 atom stereocenters. The number of rotatable bonds is 8. The lowest BCUT2D eigenvalue weighted by Crippen LogP contribution is -2.21. The first kappa shape index (κ1) is 22.1. The molecule has 0 radical (unpaired) electrons. The quantitative estimate of drug-likeness (QED) is 0.220. The SMILES string of the molecule is CCN(CC)c1ccc2cc(C(=O)C=C/C=C/c3ccc(N(C)C)cc3)c(=O)oc2c1. The molecule has 1 heterocycles. The van der Waals surface area contributed by atoms with Gasteiger partial charge in [0.25, 0.3) is 0 Å². The maximum absolute atomic E-state index is 12.5. The van der Waals surface area contributed by atoms with Crippen LogP contribution in [0.25, 0.3) is 17.0 Å². The number of hydrogen-bond acceptors (Lipinski definition) is 5. The summed E-state index contributed by atoms with van der Waals surface area (Å²) in [6, 6.07) is 15.4. The van der Waals surface area contributed by atoms with Gasteiger partial charge in [0.2, 0.25) is 0 Å². The normalized spacial score (nSPS) is 11.5. The van der Waals surface area contributed by atoms with E-state index in [0.29, 0.717) is 5.58 Å². The Morgan fingerprint density at radius 3 is 2.26 bits per heavy atom. The molecule has 160 valence electrons. The molecule has 2 aromatic carbocycles. The minimum absolute atomic E-state index is 0.0306. The fourth-order valence-corrected chi connectivity index (χ4v) is 3.34. The second-order valence-electron chi connectivity index (χ2n) is 7.41. The molecule has 0 saturated carbocycles. The summed E-state index contributed by atoms with van der Waals surface area (Å²) in [5, 5.41) is 0.726. The van der Waals surface area contributed by atoms with Crippen LogP contribution in [0.4, 0.5) is 11.4 Å². The second-order valence-corrected chi connectivity index (χ2v) is 7.41. The van der Waals surface area contributed by atoms with Gasteiger partial charge in [-0.2, -0.15) is 0 Å². The molecule has 0 amide bonds. The average Bonchev–Trinajstić information content (AvgIpc) is 2.77. The standard InChI is InChI=1S/C26H28N2O3/c1-5-28(6-2)22-16-13-20-17-23(26(30)31-25(20)18-22)24(29)10-8-7-9-19-11-14-21(15-12-19)27(3)4/h7-18H,5-6H2,1-4H3/b9-7+,10-8?. The van der Waals surface area contributed by atoms with Crippen molar-refractivity contribution in [2.75, 3.05) is 37.0 Å². The van der Waals surface area contributed by atoms with Crippen molar-refractivity contribution in [1.82, 2.24) is 0 Å². The highest BCUT2D eigenvalue weighted by Gasteiger charge is 2.12. The molecule has 0 saturated heterocycles. The minimum Gasteiger partial charge on any atom is -0.422 e. The molecule has 3 aromatic rings. The Hall–Kier alpha value is -3.60. The van der Waals surface area contributed by atoms with Crippen molar-refractivity contribution >= 4 is 34.2 Å². The van der Waals surface area contributed by atoms with Gasteiger partial charge in [-0.1, -0.05) is 30.4 Å². The molecule has 0 aliphatic heterocycles. The Balaban J connectivity index is 1.76. The van der Waals surface area contributed by atoms with E-state index in [-0.39, 0.29) is 11.3 Å². The van der Waals surface area contributed by atoms with E-state index in [1.165, 1.54) is 6.08 Å². The number of anilines is 2.